The largest absolute Gasteiger partial charge is 0.243 e. The van der Waals surface area contributed by atoms with E-state index in [1.807, 2.05) is 37.3 Å². The van der Waals surface area contributed by atoms with Crippen LogP contribution in [0.1, 0.15) is 33.9 Å². The minimum absolute atomic E-state index is 0.0131. The van der Waals surface area contributed by atoms with E-state index >= 15 is 0 Å². The van der Waals surface area contributed by atoms with E-state index in [0.717, 1.165) is 11.1 Å². The van der Waals surface area contributed by atoms with E-state index in [4.69, 9.17) is 0 Å². The molecule has 0 bridgehead atoms. The lowest BCUT2D eigenvalue weighted by atomic mass is 10.1. The number of rotatable bonds is 3. The Morgan fingerprint density at radius 3 is 2.15 bits per heavy atom. The molecule has 2 aromatic rings. The molecule has 3 rings (SSSR count). The molecule has 0 amide bonds. The highest BCUT2D eigenvalue weighted by Crippen LogP contribution is 2.32. The SMILES string of the molecule is Cc1cc(C)c(S(=O)(=O)N2CCC(c3ccccc3)S(=O)(=O)CC2)c(C)c1. The average molecular weight is 408 g/mol. The Labute approximate surface area is 162 Å². The van der Waals surface area contributed by atoms with Crippen LogP contribution in [0.3, 0.4) is 0 Å². The Kier molecular flexibility index (Phi) is 5.47. The lowest BCUT2D eigenvalue weighted by molar-refractivity contribution is 0.427. The van der Waals surface area contributed by atoms with Gasteiger partial charge < -0.3 is 0 Å². The Bertz CT molecular complexity index is 1020. The molecule has 1 aliphatic heterocycles. The van der Waals surface area contributed by atoms with Gasteiger partial charge in [-0.05, 0) is 43.9 Å². The summed E-state index contributed by atoms with van der Waals surface area (Å²) in [7, 11) is -7.17. The molecule has 0 radical (unpaired) electrons. The zero-order valence-electron chi connectivity index (χ0n) is 15.8. The molecule has 146 valence electrons. The quantitative estimate of drug-likeness (QED) is 0.784. The van der Waals surface area contributed by atoms with Crippen LogP contribution in [-0.4, -0.2) is 40.0 Å². The van der Waals surface area contributed by atoms with Gasteiger partial charge in [0.15, 0.2) is 9.84 Å². The Morgan fingerprint density at radius 1 is 0.963 bits per heavy atom. The van der Waals surface area contributed by atoms with Crippen molar-refractivity contribution >= 4 is 19.9 Å². The van der Waals surface area contributed by atoms with Crippen LogP contribution in [0.5, 0.6) is 0 Å². The van der Waals surface area contributed by atoms with Crippen molar-refractivity contribution < 1.29 is 16.8 Å². The molecule has 1 saturated heterocycles. The lowest BCUT2D eigenvalue weighted by Crippen LogP contribution is -2.34. The van der Waals surface area contributed by atoms with Crippen LogP contribution in [0.25, 0.3) is 0 Å². The van der Waals surface area contributed by atoms with E-state index in [0.29, 0.717) is 16.0 Å². The van der Waals surface area contributed by atoms with E-state index < -0.39 is 25.1 Å². The zero-order chi connectivity index (χ0) is 19.8. The minimum Gasteiger partial charge on any atom is -0.228 e. The van der Waals surface area contributed by atoms with Crippen LogP contribution in [0.2, 0.25) is 0 Å². The summed E-state index contributed by atoms with van der Waals surface area (Å²) in [5, 5.41) is -0.667. The molecule has 5 nitrogen and oxygen atoms in total. The fourth-order valence-electron chi connectivity index (χ4n) is 3.91. The van der Waals surface area contributed by atoms with Crippen LogP contribution >= 0.6 is 0 Å². The molecular weight excluding hydrogens is 382 g/mol. The number of benzene rings is 2. The molecule has 1 unspecified atom stereocenters. The van der Waals surface area contributed by atoms with Gasteiger partial charge in [-0.25, -0.2) is 16.8 Å². The van der Waals surface area contributed by atoms with Gasteiger partial charge in [0.2, 0.25) is 10.0 Å². The summed E-state index contributed by atoms with van der Waals surface area (Å²) in [6.07, 6.45) is 0.259. The predicted octanol–water partition coefficient (Wildman–Crippen LogP) is 3.16. The van der Waals surface area contributed by atoms with Crippen LogP contribution < -0.4 is 0 Å². The number of hydrogen-bond donors (Lipinski definition) is 0. The maximum Gasteiger partial charge on any atom is 0.243 e. The second-order valence-electron chi connectivity index (χ2n) is 7.19. The van der Waals surface area contributed by atoms with Crippen LogP contribution in [0.4, 0.5) is 0 Å². The maximum absolute atomic E-state index is 13.3. The molecular formula is C20H25NO4S2. The van der Waals surface area contributed by atoms with Gasteiger partial charge in [-0.3, -0.25) is 0 Å². The predicted molar refractivity (Wildman–Crippen MR) is 107 cm³/mol. The number of aryl methyl sites for hydroxylation is 3. The second kappa shape index (κ2) is 7.37. The maximum atomic E-state index is 13.3. The molecule has 1 heterocycles. The summed E-state index contributed by atoms with van der Waals surface area (Å²) >= 11 is 0. The highest BCUT2D eigenvalue weighted by molar-refractivity contribution is 7.92. The molecule has 2 aromatic carbocycles. The van der Waals surface area contributed by atoms with Crippen molar-refractivity contribution in [2.24, 2.45) is 0 Å². The Hall–Kier alpha value is -1.70. The third-order valence-electron chi connectivity index (χ3n) is 5.07. The van der Waals surface area contributed by atoms with Crippen molar-refractivity contribution in [2.45, 2.75) is 37.3 Å². The highest BCUT2D eigenvalue weighted by Gasteiger charge is 2.36. The fourth-order valence-corrected chi connectivity index (χ4v) is 7.69. The van der Waals surface area contributed by atoms with E-state index in [9.17, 15) is 16.8 Å². The monoisotopic (exact) mass is 407 g/mol. The second-order valence-corrected chi connectivity index (χ2v) is 11.4. The van der Waals surface area contributed by atoms with Crippen LogP contribution in [0, 0.1) is 20.8 Å². The van der Waals surface area contributed by atoms with Gasteiger partial charge in [-0.2, -0.15) is 4.31 Å². The van der Waals surface area contributed by atoms with Crippen molar-refractivity contribution in [3.63, 3.8) is 0 Å². The summed E-state index contributed by atoms with van der Waals surface area (Å²) in [5.74, 6) is -0.171. The molecule has 0 saturated carbocycles. The van der Waals surface area contributed by atoms with Gasteiger partial charge in [0, 0.05) is 13.1 Å². The van der Waals surface area contributed by atoms with Crippen molar-refractivity contribution in [1.29, 1.82) is 0 Å². The van der Waals surface area contributed by atoms with Gasteiger partial charge >= 0.3 is 0 Å². The smallest absolute Gasteiger partial charge is 0.228 e. The standard InChI is InChI=1S/C20H25NO4S2/c1-15-13-16(2)20(17(3)14-15)27(24,25)21-10-9-19(26(22,23)12-11-21)18-7-5-4-6-8-18/h4-8,13-14,19H,9-12H2,1-3H3. The van der Waals surface area contributed by atoms with Gasteiger partial charge in [0.05, 0.1) is 15.9 Å². The molecule has 1 atom stereocenters. The molecule has 0 spiro atoms. The third-order valence-corrected chi connectivity index (χ3v) is 9.40. The van der Waals surface area contributed by atoms with E-state index in [-0.39, 0.29) is 25.3 Å². The highest BCUT2D eigenvalue weighted by atomic mass is 32.2. The van der Waals surface area contributed by atoms with E-state index in [1.165, 1.54) is 4.31 Å². The molecule has 7 heteroatoms. The lowest BCUT2D eigenvalue weighted by Gasteiger charge is -2.22. The normalized spacial score (nSPS) is 20.9. The molecule has 0 N–H and O–H groups in total. The number of nitrogens with zero attached hydrogens (tertiary/aromatic N) is 1. The van der Waals surface area contributed by atoms with Crippen molar-refractivity contribution in [3.05, 3.63) is 64.7 Å². The van der Waals surface area contributed by atoms with Gasteiger partial charge in [-0.15, -0.1) is 0 Å². The minimum atomic E-state index is -3.75. The first-order valence-electron chi connectivity index (χ1n) is 8.97. The Morgan fingerprint density at radius 2 is 1.56 bits per heavy atom. The van der Waals surface area contributed by atoms with Gasteiger partial charge in [0.25, 0.3) is 0 Å². The van der Waals surface area contributed by atoms with Crippen molar-refractivity contribution in [2.75, 3.05) is 18.8 Å². The first-order valence-corrected chi connectivity index (χ1v) is 12.1. The number of sulfone groups is 1. The van der Waals surface area contributed by atoms with Crippen molar-refractivity contribution in [3.8, 4) is 0 Å². The molecule has 1 fully saturated rings. The molecule has 0 aromatic heterocycles. The topological polar surface area (TPSA) is 71.5 Å². The molecule has 27 heavy (non-hydrogen) atoms. The number of sulfonamides is 1. The van der Waals surface area contributed by atoms with E-state index in [2.05, 4.69) is 0 Å². The third kappa shape index (κ3) is 3.95. The molecule has 0 aliphatic carbocycles. The first kappa shape index (κ1) is 20.0. The fraction of sp³-hybridized carbons (Fsp3) is 0.400. The summed E-state index contributed by atoms with van der Waals surface area (Å²) in [6, 6.07) is 12.7. The van der Waals surface area contributed by atoms with Gasteiger partial charge in [-0.1, -0.05) is 48.0 Å². The summed E-state index contributed by atoms with van der Waals surface area (Å²) < 4.78 is 53.4. The molecule has 1 aliphatic rings. The number of hydrogen-bond acceptors (Lipinski definition) is 4. The summed E-state index contributed by atoms with van der Waals surface area (Å²) in [6.45, 7) is 5.68. The van der Waals surface area contributed by atoms with E-state index in [1.54, 1.807) is 26.0 Å². The first-order chi connectivity index (χ1) is 12.6. The van der Waals surface area contributed by atoms with Gasteiger partial charge in [0.1, 0.15) is 0 Å². The summed E-state index contributed by atoms with van der Waals surface area (Å²) in [5.41, 5.74) is 3.12. The van der Waals surface area contributed by atoms with Crippen LogP contribution in [0.15, 0.2) is 47.4 Å². The zero-order valence-corrected chi connectivity index (χ0v) is 17.5. The van der Waals surface area contributed by atoms with Crippen molar-refractivity contribution in [1.82, 2.24) is 4.31 Å². The summed E-state index contributed by atoms with van der Waals surface area (Å²) in [4.78, 5) is 0.295. The average Bonchev–Trinajstić information content (AvgIpc) is 2.72. The Balaban J connectivity index is 1.96. The van der Waals surface area contributed by atoms with Crippen LogP contribution in [-0.2, 0) is 19.9 Å².